The number of hydrazine groups is 1. The van der Waals surface area contributed by atoms with Gasteiger partial charge in [0.2, 0.25) is 0 Å². The van der Waals surface area contributed by atoms with Gasteiger partial charge in [0.05, 0.1) is 5.71 Å². The van der Waals surface area contributed by atoms with E-state index in [9.17, 15) is 4.79 Å². The van der Waals surface area contributed by atoms with Crippen LogP contribution in [0.3, 0.4) is 0 Å². The van der Waals surface area contributed by atoms with Crippen molar-refractivity contribution in [3.05, 3.63) is 114 Å². The van der Waals surface area contributed by atoms with Crippen LogP contribution in [0.1, 0.15) is 36.1 Å². The first-order valence-electron chi connectivity index (χ1n) is 11.8. The molecule has 2 atom stereocenters. The van der Waals surface area contributed by atoms with E-state index in [0.717, 1.165) is 33.5 Å². The molecule has 0 bridgehead atoms. The van der Waals surface area contributed by atoms with Crippen LogP contribution >= 0.6 is 0 Å². The van der Waals surface area contributed by atoms with E-state index in [0.29, 0.717) is 13.0 Å². The Hall–Kier alpha value is -4.00. The summed E-state index contributed by atoms with van der Waals surface area (Å²) in [4.78, 5) is 12.8. The number of nitrogens with one attached hydrogen (secondary N) is 3. The van der Waals surface area contributed by atoms with E-state index in [4.69, 9.17) is 4.74 Å². The standard InChI is InChI=1S/C29H28N4O2/c1-20(23-15-14-22-10-5-6-11-24(22)16-23)30-33-29(34)28-18-27(31-32-28)25-12-7-13-26(17-25)35-19-21-8-3-2-4-9-21/h2-17,27-28,31-32H,18-19H2,1H3,(H,33,34)/b30-20-. The van der Waals surface area contributed by atoms with Crippen molar-refractivity contribution in [3.63, 3.8) is 0 Å². The molecule has 1 amide bonds. The molecule has 1 saturated heterocycles. The summed E-state index contributed by atoms with van der Waals surface area (Å²) in [7, 11) is 0. The lowest BCUT2D eigenvalue weighted by atomic mass is 10.0. The van der Waals surface area contributed by atoms with Gasteiger partial charge in [-0.1, -0.05) is 78.9 Å². The van der Waals surface area contributed by atoms with Gasteiger partial charge in [0.1, 0.15) is 18.4 Å². The molecular weight excluding hydrogens is 436 g/mol. The average molecular weight is 465 g/mol. The molecule has 2 unspecified atom stereocenters. The summed E-state index contributed by atoms with van der Waals surface area (Å²) in [6.07, 6.45) is 0.610. The second-order valence-corrected chi connectivity index (χ2v) is 8.71. The number of nitrogens with zero attached hydrogens (tertiary/aromatic N) is 1. The van der Waals surface area contributed by atoms with Crippen LogP contribution in [0.4, 0.5) is 0 Å². The first kappa shape index (κ1) is 22.8. The Morgan fingerprint density at radius 3 is 2.57 bits per heavy atom. The lowest BCUT2D eigenvalue weighted by molar-refractivity contribution is -0.122. The molecular formula is C29H28N4O2. The quantitative estimate of drug-likeness (QED) is 0.270. The summed E-state index contributed by atoms with van der Waals surface area (Å²) in [6, 6.07) is 32.0. The third-order valence-electron chi connectivity index (χ3n) is 6.23. The highest BCUT2D eigenvalue weighted by molar-refractivity contribution is 6.02. The van der Waals surface area contributed by atoms with Crippen LogP contribution in [-0.2, 0) is 11.4 Å². The maximum atomic E-state index is 12.8. The van der Waals surface area contributed by atoms with E-state index in [2.05, 4.69) is 45.6 Å². The molecule has 1 heterocycles. The summed E-state index contributed by atoms with van der Waals surface area (Å²) >= 11 is 0. The van der Waals surface area contributed by atoms with Gasteiger partial charge < -0.3 is 4.74 Å². The molecule has 0 aliphatic carbocycles. The molecule has 35 heavy (non-hydrogen) atoms. The van der Waals surface area contributed by atoms with Crippen LogP contribution < -0.4 is 21.0 Å². The molecule has 0 radical (unpaired) electrons. The van der Waals surface area contributed by atoms with Crippen molar-refractivity contribution in [2.24, 2.45) is 5.10 Å². The maximum Gasteiger partial charge on any atom is 0.258 e. The molecule has 6 heteroatoms. The Labute approximate surface area is 205 Å². The number of benzene rings is 4. The molecule has 0 saturated carbocycles. The summed E-state index contributed by atoms with van der Waals surface area (Å²) in [6.45, 7) is 2.41. The Kier molecular flexibility index (Phi) is 6.84. The lowest BCUT2D eigenvalue weighted by Crippen LogP contribution is -2.41. The van der Waals surface area contributed by atoms with E-state index in [1.165, 1.54) is 5.39 Å². The smallest absolute Gasteiger partial charge is 0.258 e. The number of carbonyl (C=O) groups is 1. The molecule has 3 N–H and O–H groups in total. The SMILES string of the molecule is C/C(=N/NC(=O)C1CC(c2cccc(OCc3ccccc3)c2)NN1)c1ccc2ccccc2c1. The minimum Gasteiger partial charge on any atom is -0.489 e. The Morgan fingerprint density at radius 1 is 0.914 bits per heavy atom. The van der Waals surface area contributed by atoms with E-state index < -0.39 is 0 Å². The van der Waals surface area contributed by atoms with E-state index >= 15 is 0 Å². The van der Waals surface area contributed by atoms with Crippen LogP contribution in [0.25, 0.3) is 10.8 Å². The van der Waals surface area contributed by atoms with Gasteiger partial charge in [-0.15, -0.1) is 0 Å². The van der Waals surface area contributed by atoms with Crippen molar-refractivity contribution in [1.29, 1.82) is 0 Å². The van der Waals surface area contributed by atoms with Gasteiger partial charge in [-0.2, -0.15) is 5.10 Å². The molecule has 5 rings (SSSR count). The van der Waals surface area contributed by atoms with Crippen molar-refractivity contribution in [2.45, 2.75) is 32.0 Å². The van der Waals surface area contributed by atoms with E-state index in [1.54, 1.807) is 0 Å². The monoisotopic (exact) mass is 464 g/mol. The zero-order valence-corrected chi connectivity index (χ0v) is 19.6. The summed E-state index contributed by atoms with van der Waals surface area (Å²) in [5, 5.41) is 6.66. The van der Waals surface area contributed by atoms with E-state index in [1.807, 2.05) is 79.7 Å². The zero-order chi connectivity index (χ0) is 24.0. The van der Waals surface area contributed by atoms with Gasteiger partial charge in [0, 0.05) is 6.04 Å². The number of ether oxygens (including phenoxy) is 1. The molecule has 1 aliphatic heterocycles. The zero-order valence-electron chi connectivity index (χ0n) is 19.6. The van der Waals surface area contributed by atoms with Crippen molar-refractivity contribution in [2.75, 3.05) is 0 Å². The second kappa shape index (κ2) is 10.5. The number of fused-ring (bicyclic) bond motifs is 1. The van der Waals surface area contributed by atoms with Crippen molar-refractivity contribution in [3.8, 4) is 5.75 Å². The molecule has 1 fully saturated rings. The van der Waals surface area contributed by atoms with Crippen molar-refractivity contribution in [1.82, 2.24) is 16.3 Å². The van der Waals surface area contributed by atoms with Crippen LogP contribution in [0.5, 0.6) is 5.75 Å². The van der Waals surface area contributed by atoms with Crippen molar-refractivity contribution < 1.29 is 9.53 Å². The first-order valence-corrected chi connectivity index (χ1v) is 11.8. The first-order chi connectivity index (χ1) is 17.2. The van der Waals surface area contributed by atoms with Crippen LogP contribution in [0.2, 0.25) is 0 Å². The number of hydrogen-bond donors (Lipinski definition) is 3. The van der Waals surface area contributed by atoms with Crippen LogP contribution in [0.15, 0.2) is 102 Å². The highest BCUT2D eigenvalue weighted by atomic mass is 16.5. The fraction of sp³-hybridized carbons (Fsp3) is 0.172. The highest BCUT2D eigenvalue weighted by Gasteiger charge is 2.30. The highest BCUT2D eigenvalue weighted by Crippen LogP contribution is 2.26. The third-order valence-corrected chi connectivity index (χ3v) is 6.23. The summed E-state index contributed by atoms with van der Waals surface area (Å²) < 4.78 is 5.96. The van der Waals surface area contributed by atoms with Gasteiger partial charge in [-0.05, 0) is 59.0 Å². The predicted octanol–water partition coefficient (Wildman–Crippen LogP) is 4.87. The normalized spacial score (nSPS) is 17.9. The number of amides is 1. The summed E-state index contributed by atoms with van der Waals surface area (Å²) in [5.41, 5.74) is 13.0. The minimum atomic E-state index is -0.387. The van der Waals surface area contributed by atoms with Crippen molar-refractivity contribution >= 4 is 22.4 Å². The molecule has 0 spiro atoms. The molecule has 0 aromatic heterocycles. The number of carbonyl (C=O) groups excluding carboxylic acids is 1. The molecule has 4 aromatic carbocycles. The van der Waals surface area contributed by atoms with Gasteiger partial charge in [-0.25, -0.2) is 16.3 Å². The van der Waals surface area contributed by atoms with Crippen LogP contribution in [0, 0.1) is 0 Å². The fourth-order valence-electron chi connectivity index (χ4n) is 4.20. The lowest BCUT2D eigenvalue weighted by Gasteiger charge is -2.12. The number of hydrazone groups is 1. The van der Waals surface area contributed by atoms with Gasteiger partial charge in [0.25, 0.3) is 5.91 Å². The number of rotatable bonds is 7. The largest absolute Gasteiger partial charge is 0.489 e. The fourth-order valence-corrected chi connectivity index (χ4v) is 4.20. The Bertz CT molecular complexity index is 1350. The van der Waals surface area contributed by atoms with Gasteiger partial charge in [-0.3, -0.25) is 4.79 Å². The maximum absolute atomic E-state index is 12.8. The summed E-state index contributed by atoms with van der Waals surface area (Å²) in [5.74, 6) is 0.633. The van der Waals surface area contributed by atoms with E-state index in [-0.39, 0.29) is 18.0 Å². The topological polar surface area (TPSA) is 74.8 Å². The average Bonchev–Trinajstić information content (AvgIpc) is 3.41. The molecule has 6 nitrogen and oxygen atoms in total. The van der Waals surface area contributed by atoms with Gasteiger partial charge in [0.15, 0.2) is 0 Å². The van der Waals surface area contributed by atoms with Crippen LogP contribution in [-0.4, -0.2) is 17.7 Å². The van der Waals surface area contributed by atoms with Gasteiger partial charge >= 0.3 is 0 Å². The molecule has 176 valence electrons. The second-order valence-electron chi connectivity index (χ2n) is 8.71. The molecule has 1 aliphatic rings. The third kappa shape index (κ3) is 5.57. The Morgan fingerprint density at radius 2 is 1.71 bits per heavy atom. The Balaban J connectivity index is 1.18. The predicted molar refractivity (Wildman–Crippen MR) is 139 cm³/mol. The minimum absolute atomic E-state index is 0.00316. The number of hydrogen-bond acceptors (Lipinski definition) is 5. The molecule has 4 aromatic rings.